The van der Waals surface area contributed by atoms with Crippen molar-refractivity contribution in [2.75, 3.05) is 12.4 Å². The summed E-state index contributed by atoms with van der Waals surface area (Å²) in [5, 5.41) is 11.3. The minimum Gasteiger partial charge on any atom is -0.339 e. The van der Waals surface area contributed by atoms with Crippen LogP contribution < -0.4 is 5.32 Å². The van der Waals surface area contributed by atoms with Gasteiger partial charge >= 0.3 is 0 Å². The molecule has 25 heavy (non-hydrogen) atoms. The lowest BCUT2D eigenvalue weighted by Gasteiger charge is -2.16. The first kappa shape index (κ1) is 16.6. The van der Waals surface area contributed by atoms with Crippen LogP contribution in [0, 0.1) is 6.92 Å². The molecule has 0 saturated heterocycles. The molecule has 1 aromatic heterocycles. The van der Waals surface area contributed by atoms with Crippen molar-refractivity contribution < 1.29 is 4.79 Å². The van der Waals surface area contributed by atoms with Crippen molar-refractivity contribution in [3.63, 3.8) is 0 Å². The number of carbonyl (C=O) groups excluding carboxylic acids is 1. The molecule has 0 fully saturated rings. The summed E-state index contributed by atoms with van der Waals surface area (Å²) in [6.45, 7) is 2.56. The molecule has 0 spiro atoms. The van der Waals surface area contributed by atoms with Crippen molar-refractivity contribution in [1.82, 2.24) is 15.1 Å². The molecule has 2 aromatic carbocycles. The normalized spacial score (nSPS) is 10.3. The number of nitrogens with zero attached hydrogens (tertiary/aromatic N) is 3. The van der Waals surface area contributed by atoms with Crippen molar-refractivity contribution >= 4 is 17.4 Å². The lowest BCUT2D eigenvalue weighted by molar-refractivity contribution is 0.0778. The lowest BCUT2D eigenvalue weighted by atomic mass is 10.2. The highest BCUT2D eigenvalue weighted by Gasteiger charge is 2.14. The van der Waals surface area contributed by atoms with Crippen LogP contribution in [0.1, 0.15) is 21.6 Å². The Bertz CT molecular complexity index is 847. The van der Waals surface area contributed by atoms with Gasteiger partial charge < -0.3 is 10.2 Å². The van der Waals surface area contributed by atoms with E-state index < -0.39 is 0 Å². The number of amides is 1. The van der Waals surface area contributed by atoms with Crippen LogP contribution in [-0.4, -0.2) is 28.1 Å². The van der Waals surface area contributed by atoms with Crippen LogP contribution >= 0.6 is 0 Å². The molecule has 1 N–H and O–H groups in total. The molecule has 5 nitrogen and oxygen atoms in total. The van der Waals surface area contributed by atoms with Crippen molar-refractivity contribution in [3.8, 4) is 0 Å². The Balaban J connectivity index is 1.66. The summed E-state index contributed by atoms with van der Waals surface area (Å²) in [6.07, 6.45) is 0. The molecule has 3 rings (SSSR count). The average molecular weight is 332 g/mol. The minimum absolute atomic E-state index is 0.154. The topological polar surface area (TPSA) is 58.1 Å². The maximum atomic E-state index is 12.5. The van der Waals surface area contributed by atoms with Gasteiger partial charge in [0.05, 0.1) is 0 Å². The van der Waals surface area contributed by atoms with Gasteiger partial charge in [0.2, 0.25) is 0 Å². The molecule has 0 saturated carbocycles. The first-order chi connectivity index (χ1) is 12.1. The third kappa shape index (κ3) is 4.41. The zero-order chi connectivity index (χ0) is 17.6. The van der Waals surface area contributed by atoms with Gasteiger partial charge in [-0.1, -0.05) is 42.5 Å². The fraction of sp³-hybridized carbons (Fsp3) is 0.150. The highest BCUT2D eigenvalue weighted by atomic mass is 16.2. The van der Waals surface area contributed by atoms with Gasteiger partial charge in [-0.2, -0.15) is 0 Å². The second-order valence-electron chi connectivity index (χ2n) is 5.95. The Morgan fingerprint density at radius 3 is 2.48 bits per heavy atom. The van der Waals surface area contributed by atoms with E-state index >= 15 is 0 Å². The SMILES string of the molecule is Cc1cccc(Nc2ccc(C(=O)N(C)Cc3ccccc3)nn2)c1. The molecule has 1 amide bonds. The largest absolute Gasteiger partial charge is 0.339 e. The van der Waals surface area contributed by atoms with Gasteiger partial charge in [0, 0.05) is 19.3 Å². The standard InChI is InChI=1S/C20H20N4O/c1-15-7-6-10-17(13-15)21-19-12-11-18(22-23-19)20(25)24(2)14-16-8-4-3-5-9-16/h3-13H,14H2,1-2H3,(H,21,23). The van der Waals surface area contributed by atoms with Gasteiger partial charge in [0.1, 0.15) is 0 Å². The molecular weight excluding hydrogens is 312 g/mol. The predicted octanol–water partition coefficient (Wildman–Crippen LogP) is 3.80. The van der Waals surface area contributed by atoms with E-state index in [1.807, 2.05) is 61.5 Å². The third-order valence-corrected chi connectivity index (χ3v) is 3.78. The number of hydrogen-bond acceptors (Lipinski definition) is 4. The van der Waals surface area contributed by atoms with E-state index in [-0.39, 0.29) is 5.91 Å². The molecule has 3 aromatic rings. The number of nitrogens with one attached hydrogen (secondary N) is 1. The fourth-order valence-electron chi connectivity index (χ4n) is 2.51. The van der Waals surface area contributed by atoms with Crippen LogP contribution in [0.2, 0.25) is 0 Å². The summed E-state index contributed by atoms with van der Waals surface area (Å²) in [7, 11) is 1.76. The monoisotopic (exact) mass is 332 g/mol. The number of carbonyl (C=O) groups is 1. The molecule has 5 heteroatoms. The van der Waals surface area contributed by atoms with E-state index in [1.165, 1.54) is 0 Å². The van der Waals surface area contributed by atoms with Crippen LogP contribution in [0.25, 0.3) is 0 Å². The van der Waals surface area contributed by atoms with E-state index in [0.717, 1.165) is 16.8 Å². The summed E-state index contributed by atoms with van der Waals surface area (Å²) >= 11 is 0. The third-order valence-electron chi connectivity index (χ3n) is 3.78. The zero-order valence-electron chi connectivity index (χ0n) is 14.3. The molecule has 0 unspecified atom stereocenters. The van der Waals surface area contributed by atoms with E-state index in [0.29, 0.717) is 18.1 Å². The molecule has 0 aliphatic carbocycles. The maximum Gasteiger partial charge on any atom is 0.274 e. The van der Waals surface area contributed by atoms with Crippen LogP contribution in [-0.2, 0) is 6.54 Å². The highest BCUT2D eigenvalue weighted by Crippen LogP contribution is 2.15. The van der Waals surface area contributed by atoms with E-state index in [4.69, 9.17) is 0 Å². The van der Waals surface area contributed by atoms with Crippen LogP contribution in [0.4, 0.5) is 11.5 Å². The molecule has 1 heterocycles. The van der Waals surface area contributed by atoms with Crippen molar-refractivity contribution in [2.45, 2.75) is 13.5 Å². The van der Waals surface area contributed by atoms with Crippen molar-refractivity contribution in [1.29, 1.82) is 0 Å². The number of anilines is 2. The Labute approximate surface area is 147 Å². The summed E-state index contributed by atoms with van der Waals surface area (Å²) in [5.74, 6) is 0.450. The molecule has 126 valence electrons. The van der Waals surface area contributed by atoms with Crippen molar-refractivity contribution in [2.24, 2.45) is 0 Å². The van der Waals surface area contributed by atoms with Gasteiger partial charge in [0.15, 0.2) is 11.5 Å². The predicted molar refractivity (Wildman–Crippen MR) is 98.7 cm³/mol. The Kier molecular flexibility index (Phi) is 5.04. The first-order valence-corrected chi connectivity index (χ1v) is 8.08. The molecule has 0 aliphatic heterocycles. The number of hydrogen-bond donors (Lipinski definition) is 1. The van der Waals surface area contributed by atoms with Gasteiger partial charge in [-0.15, -0.1) is 10.2 Å². The van der Waals surface area contributed by atoms with Gasteiger partial charge in [-0.25, -0.2) is 0 Å². The Morgan fingerprint density at radius 1 is 1.00 bits per heavy atom. The molecule has 0 atom stereocenters. The number of aryl methyl sites for hydroxylation is 1. The minimum atomic E-state index is -0.154. The summed E-state index contributed by atoms with van der Waals surface area (Å²) in [4.78, 5) is 14.1. The molecular formula is C20H20N4O. The maximum absolute atomic E-state index is 12.5. The van der Waals surface area contributed by atoms with E-state index in [9.17, 15) is 4.79 Å². The van der Waals surface area contributed by atoms with Crippen molar-refractivity contribution in [3.05, 3.63) is 83.6 Å². The first-order valence-electron chi connectivity index (χ1n) is 8.08. The number of benzene rings is 2. The van der Waals surface area contributed by atoms with Gasteiger partial charge in [0.25, 0.3) is 5.91 Å². The Hall–Kier alpha value is -3.21. The van der Waals surface area contributed by atoms with Crippen LogP contribution in [0.15, 0.2) is 66.7 Å². The van der Waals surface area contributed by atoms with Gasteiger partial charge in [-0.3, -0.25) is 4.79 Å². The summed E-state index contributed by atoms with van der Waals surface area (Å²) in [5.41, 5.74) is 3.50. The van der Waals surface area contributed by atoms with E-state index in [2.05, 4.69) is 15.5 Å². The Morgan fingerprint density at radius 2 is 1.80 bits per heavy atom. The molecule has 0 aliphatic rings. The lowest BCUT2D eigenvalue weighted by Crippen LogP contribution is -2.27. The van der Waals surface area contributed by atoms with E-state index in [1.54, 1.807) is 24.1 Å². The van der Waals surface area contributed by atoms with Gasteiger partial charge in [-0.05, 0) is 42.3 Å². The van der Waals surface area contributed by atoms with Crippen LogP contribution in [0.5, 0.6) is 0 Å². The summed E-state index contributed by atoms with van der Waals surface area (Å²) in [6, 6.07) is 21.3. The number of rotatable bonds is 5. The quantitative estimate of drug-likeness (QED) is 0.772. The fourth-order valence-corrected chi connectivity index (χ4v) is 2.51. The highest BCUT2D eigenvalue weighted by molar-refractivity contribution is 5.92. The second-order valence-corrected chi connectivity index (χ2v) is 5.95. The van der Waals surface area contributed by atoms with Crippen LogP contribution in [0.3, 0.4) is 0 Å². The molecule has 0 bridgehead atoms. The summed E-state index contributed by atoms with van der Waals surface area (Å²) < 4.78 is 0. The molecule has 0 radical (unpaired) electrons. The average Bonchev–Trinajstić information content (AvgIpc) is 2.62. The zero-order valence-corrected chi connectivity index (χ0v) is 14.3. The second kappa shape index (κ2) is 7.57. The smallest absolute Gasteiger partial charge is 0.274 e. The number of aromatic nitrogens is 2.